The molecule has 0 aliphatic carbocycles. The normalized spacial score (nSPS) is 25.4. The van der Waals surface area contributed by atoms with Crippen molar-refractivity contribution >= 4 is 17.4 Å². The van der Waals surface area contributed by atoms with Crippen LogP contribution in [0, 0.1) is 0 Å². The van der Waals surface area contributed by atoms with Crippen LogP contribution in [-0.4, -0.2) is 38.6 Å². The number of aliphatic hydroxyl groups excluding tert-OH is 2. The lowest BCUT2D eigenvalue weighted by molar-refractivity contribution is -0.0452. The minimum absolute atomic E-state index is 0.0263. The summed E-state index contributed by atoms with van der Waals surface area (Å²) in [4.78, 5) is 27.6. The number of azide groups is 1. The van der Waals surface area contributed by atoms with Crippen LogP contribution in [0.15, 0.2) is 14.7 Å². The predicted octanol–water partition coefficient (Wildman–Crippen LogP) is -0.228. The molecule has 1 aliphatic rings. The lowest BCUT2D eigenvalue weighted by Gasteiger charge is -2.17. The monoisotopic (exact) mass is 303 g/mol. The molecule has 3 atom stereocenters. The van der Waals surface area contributed by atoms with Gasteiger partial charge in [-0.25, -0.2) is 4.79 Å². The Morgan fingerprint density at radius 1 is 1.60 bits per heavy atom. The van der Waals surface area contributed by atoms with Crippen molar-refractivity contribution in [1.29, 1.82) is 0 Å². The van der Waals surface area contributed by atoms with Gasteiger partial charge < -0.3 is 14.9 Å². The molecule has 20 heavy (non-hydrogen) atoms. The number of hydrogen-bond donors (Lipinski definition) is 3. The molecule has 1 aromatic rings. The molecule has 10 nitrogen and oxygen atoms in total. The van der Waals surface area contributed by atoms with Gasteiger partial charge >= 0.3 is 5.69 Å². The molecule has 1 fully saturated rings. The second-order valence-corrected chi connectivity index (χ2v) is 4.45. The van der Waals surface area contributed by atoms with E-state index in [0.29, 0.717) is 0 Å². The zero-order valence-corrected chi connectivity index (χ0v) is 10.7. The van der Waals surface area contributed by atoms with Crippen LogP contribution in [0.3, 0.4) is 0 Å². The van der Waals surface area contributed by atoms with E-state index in [1.54, 1.807) is 0 Å². The highest BCUT2D eigenvalue weighted by Gasteiger charge is 2.36. The van der Waals surface area contributed by atoms with Crippen molar-refractivity contribution in [3.63, 3.8) is 0 Å². The van der Waals surface area contributed by atoms with Gasteiger partial charge in [0.25, 0.3) is 5.56 Å². The van der Waals surface area contributed by atoms with E-state index in [9.17, 15) is 14.7 Å². The molecular weight excluding hydrogens is 294 g/mol. The number of H-pyrrole nitrogens is 1. The number of aromatic nitrogens is 2. The van der Waals surface area contributed by atoms with E-state index in [4.69, 9.17) is 27.0 Å². The summed E-state index contributed by atoms with van der Waals surface area (Å²) < 4.78 is 6.11. The minimum atomic E-state index is -1.01. The average molecular weight is 304 g/mol. The van der Waals surface area contributed by atoms with E-state index in [1.165, 1.54) is 0 Å². The Hall–Kier alpha value is -1.84. The van der Waals surface area contributed by atoms with Gasteiger partial charge in [-0.05, 0) is 10.6 Å². The molecule has 11 heteroatoms. The fourth-order valence-electron chi connectivity index (χ4n) is 1.95. The second kappa shape index (κ2) is 5.65. The van der Waals surface area contributed by atoms with Crippen LogP contribution in [0.5, 0.6) is 0 Å². The number of hydrogen-bond acceptors (Lipinski definition) is 6. The van der Waals surface area contributed by atoms with Crippen LogP contribution in [0.2, 0.25) is 5.02 Å². The summed E-state index contributed by atoms with van der Waals surface area (Å²) in [6, 6.07) is 0. The molecule has 2 heterocycles. The third kappa shape index (κ3) is 2.42. The third-order valence-electron chi connectivity index (χ3n) is 2.87. The van der Waals surface area contributed by atoms with Crippen LogP contribution in [0.4, 0.5) is 5.82 Å². The van der Waals surface area contributed by atoms with Gasteiger partial charge in [0.05, 0.1) is 12.7 Å². The van der Waals surface area contributed by atoms with Crippen molar-refractivity contribution in [2.45, 2.75) is 24.9 Å². The van der Waals surface area contributed by atoms with E-state index in [0.717, 1.165) is 4.57 Å². The summed E-state index contributed by atoms with van der Waals surface area (Å²) in [5, 5.41) is 21.4. The minimum Gasteiger partial charge on any atom is -0.394 e. The molecular formula is C9H10ClN5O5. The lowest BCUT2D eigenvalue weighted by Crippen LogP contribution is -2.33. The first-order valence-electron chi connectivity index (χ1n) is 5.53. The Kier molecular flexibility index (Phi) is 4.12. The molecule has 1 aromatic heterocycles. The fourth-order valence-corrected chi connectivity index (χ4v) is 2.13. The molecule has 1 aliphatic heterocycles. The second-order valence-electron chi connectivity index (χ2n) is 4.07. The van der Waals surface area contributed by atoms with Crippen LogP contribution in [-0.2, 0) is 4.74 Å². The summed E-state index contributed by atoms with van der Waals surface area (Å²) in [6.07, 6.45) is -2.91. The van der Waals surface area contributed by atoms with E-state index in [-0.39, 0.29) is 6.42 Å². The molecule has 0 radical (unpaired) electrons. The Balaban J connectivity index is 2.57. The predicted molar refractivity (Wildman–Crippen MR) is 66.8 cm³/mol. The van der Waals surface area contributed by atoms with Gasteiger partial charge in [-0.1, -0.05) is 11.6 Å². The van der Waals surface area contributed by atoms with Gasteiger partial charge in [-0.15, -0.1) is 0 Å². The van der Waals surface area contributed by atoms with Gasteiger partial charge in [-0.3, -0.25) is 14.3 Å². The number of aliphatic hydroxyl groups is 2. The first-order valence-corrected chi connectivity index (χ1v) is 5.91. The molecule has 1 unspecified atom stereocenters. The van der Waals surface area contributed by atoms with E-state index >= 15 is 0 Å². The third-order valence-corrected chi connectivity index (χ3v) is 3.22. The van der Waals surface area contributed by atoms with E-state index in [2.05, 4.69) is 10.0 Å². The topological polar surface area (TPSA) is 153 Å². The fraction of sp³-hybridized carbons (Fsp3) is 0.556. The smallest absolute Gasteiger partial charge is 0.330 e. The maximum absolute atomic E-state index is 11.8. The Labute approximate surface area is 115 Å². The number of rotatable bonds is 3. The highest BCUT2D eigenvalue weighted by Crippen LogP contribution is 2.32. The first kappa shape index (κ1) is 14.6. The molecule has 0 aromatic carbocycles. The summed E-state index contributed by atoms with van der Waals surface area (Å²) >= 11 is 5.70. The first-order chi connectivity index (χ1) is 9.49. The highest BCUT2D eigenvalue weighted by atomic mass is 35.5. The van der Waals surface area contributed by atoms with Crippen molar-refractivity contribution in [3.05, 3.63) is 36.3 Å². The van der Waals surface area contributed by atoms with Crippen molar-refractivity contribution in [1.82, 2.24) is 9.55 Å². The molecule has 0 spiro atoms. The maximum Gasteiger partial charge on any atom is 0.330 e. The van der Waals surface area contributed by atoms with Crippen LogP contribution < -0.4 is 11.2 Å². The summed E-state index contributed by atoms with van der Waals surface area (Å²) in [5.74, 6) is -0.404. The Morgan fingerprint density at radius 2 is 2.30 bits per heavy atom. The van der Waals surface area contributed by atoms with Gasteiger partial charge in [0.15, 0.2) is 0 Å². The van der Waals surface area contributed by atoms with Gasteiger partial charge in [0.1, 0.15) is 23.2 Å². The van der Waals surface area contributed by atoms with Crippen LogP contribution >= 0.6 is 11.6 Å². The van der Waals surface area contributed by atoms with Crippen molar-refractivity contribution in [2.75, 3.05) is 6.61 Å². The number of halogens is 1. The Morgan fingerprint density at radius 3 is 2.85 bits per heavy atom. The molecule has 3 N–H and O–H groups in total. The van der Waals surface area contributed by atoms with Crippen molar-refractivity contribution in [3.8, 4) is 0 Å². The zero-order chi connectivity index (χ0) is 14.9. The summed E-state index contributed by atoms with van der Waals surface area (Å²) in [6.45, 7) is -0.444. The van der Waals surface area contributed by atoms with Crippen LogP contribution in [0.25, 0.3) is 10.4 Å². The molecule has 108 valence electrons. The van der Waals surface area contributed by atoms with Gasteiger partial charge in [0, 0.05) is 11.3 Å². The summed E-state index contributed by atoms with van der Waals surface area (Å²) in [7, 11) is 0. The molecule has 0 bridgehead atoms. The maximum atomic E-state index is 11.8. The zero-order valence-electron chi connectivity index (χ0n) is 9.93. The highest BCUT2D eigenvalue weighted by molar-refractivity contribution is 6.32. The lowest BCUT2D eigenvalue weighted by atomic mass is 10.2. The SMILES string of the molecule is [N-]=[N+]=Nc1c(Cl)c(=O)[nH]c(=O)n1[C@@H]1CC(O)[C@H](CO)O1. The van der Waals surface area contributed by atoms with Gasteiger partial charge in [-0.2, -0.15) is 0 Å². The number of aromatic amines is 1. The van der Waals surface area contributed by atoms with E-state index in [1.807, 2.05) is 4.98 Å². The molecule has 0 saturated carbocycles. The summed E-state index contributed by atoms with van der Waals surface area (Å²) in [5.41, 5.74) is 6.70. The largest absolute Gasteiger partial charge is 0.394 e. The Bertz CT molecular complexity index is 678. The quantitative estimate of drug-likeness (QED) is 0.400. The molecule has 2 rings (SSSR count). The number of nitrogens with one attached hydrogen (secondary N) is 1. The average Bonchev–Trinajstić information content (AvgIpc) is 2.76. The standard InChI is InChI=1S/C9H10ClN5O5/c10-6-7(13-14-11)15(9(19)12-8(6)18)5-1-3(17)4(2-16)20-5/h3-5,16-17H,1-2H2,(H,12,18,19)/t3?,4-,5-/m0/s1. The van der Waals surface area contributed by atoms with E-state index < -0.39 is 47.1 Å². The van der Waals surface area contributed by atoms with Crippen molar-refractivity contribution in [2.24, 2.45) is 5.11 Å². The number of nitrogens with zero attached hydrogens (tertiary/aromatic N) is 4. The van der Waals surface area contributed by atoms with Gasteiger partial charge in [0.2, 0.25) is 0 Å². The van der Waals surface area contributed by atoms with Crippen LogP contribution in [0.1, 0.15) is 12.6 Å². The van der Waals surface area contributed by atoms with Crippen molar-refractivity contribution < 1.29 is 14.9 Å². The number of ether oxygens (including phenoxy) is 1. The molecule has 1 saturated heterocycles. The molecule has 0 amide bonds.